The Labute approximate surface area is 522 Å². The molecule has 0 saturated carbocycles. The van der Waals surface area contributed by atoms with Gasteiger partial charge >= 0.3 is 35.8 Å². The summed E-state index contributed by atoms with van der Waals surface area (Å²) in [4.78, 5) is 77.5. The second-order valence-electron chi connectivity index (χ2n) is 21.2. The van der Waals surface area contributed by atoms with Crippen molar-refractivity contribution < 1.29 is 66.0 Å². The number of halogens is 2. The van der Waals surface area contributed by atoms with Crippen LogP contribution in [0.5, 0.6) is 0 Å². The van der Waals surface area contributed by atoms with Crippen LogP contribution in [0.2, 0.25) is 0 Å². The fourth-order valence-corrected chi connectivity index (χ4v) is 12.3. The Bertz CT molecular complexity index is 3880. The molecule has 89 heavy (non-hydrogen) atoms. The molecule has 2 unspecified atom stereocenters. The number of carbonyl (C=O) groups is 6. The first-order valence-electron chi connectivity index (χ1n) is 28.6. The number of rotatable bonds is 17. The van der Waals surface area contributed by atoms with Gasteiger partial charge in [0.2, 0.25) is 0 Å². The van der Waals surface area contributed by atoms with Crippen LogP contribution in [0.3, 0.4) is 0 Å². The molecule has 0 bridgehead atoms. The predicted molar refractivity (Wildman–Crippen MR) is 339 cm³/mol. The molecule has 9 aromatic carbocycles. The molecular formula is C73H60F2O12S2. The first-order chi connectivity index (χ1) is 43.1. The van der Waals surface area contributed by atoms with Gasteiger partial charge in [0.05, 0.1) is 43.9 Å². The lowest BCUT2D eigenvalue weighted by molar-refractivity contribution is -0.0199. The van der Waals surface area contributed by atoms with E-state index in [9.17, 15) is 28.8 Å². The lowest BCUT2D eigenvalue weighted by Crippen LogP contribution is -2.37. The normalized spacial score (nSPS) is 19.1. The summed E-state index contributed by atoms with van der Waals surface area (Å²) in [6, 6.07) is 70.0. The fraction of sp³-hybridized carbons (Fsp3) is 0.178. The van der Waals surface area contributed by atoms with E-state index in [4.69, 9.17) is 28.4 Å². The third-order valence-corrected chi connectivity index (χ3v) is 17.5. The van der Waals surface area contributed by atoms with Crippen LogP contribution in [0.1, 0.15) is 78.8 Å². The van der Waals surface area contributed by atoms with E-state index in [0.29, 0.717) is 11.1 Å². The quantitative estimate of drug-likeness (QED) is 0.0626. The van der Waals surface area contributed by atoms with Crippen LogP contribution < -0.4 is 0 Å². The molecule has 0 radical (unpaired) electrons. The topological polar surface area (TPSA) is 158 Å². The van der Waals surface area contributed by atoms with Crippen LogP contribution in [0.15, 0.2) is 237 Å². The summed E-state index contributed by atoms with van der Waals surface area (Å²) in [5.74, 6) is -4.08. The number of esters is 6. The number of aryl methyl sites for hydroxylation is 3. The molecule has 8 atom stereocenters. The summed E-state index contributed by atoms with van der Waals surface area (Å²) >= 11 is 1.91. The zero-order chi connectivity index (χ0) is 62.4. The number of benzene rings is 9. The highest BCUT2D eigenvalue weighted by Crippen LogP contribution is 2.42. The number of hydrogen-bond acceptors (Lipinski definition) is 14. The molecule has 11 rings (SSSR count). The molecule has 2 aliphatic rings. The van der Waals surface area contributed by atoms with E-state index < -0.39 is 81.7 Å². The monoisotopic (exact) mass is 1230 g/mol. The van der Waals surface area contributed by atoms with Gasteiger partial charge < -0.3 is 28.4 Å². The minimum absolute atomic E-state index is 0.227. The maximum absolute atomic E-state index is 16.2. The molecule has 2 aliphatic heterocycles. The SMILES string of the molecule is Cc1ccc(C(=O)OC[C@H]2SC(OC(=O)c3ccc(C)cc3)[C@H](F)[C@@H]2OC(=O)c2ccc(C)cc2)cc1.O=C(OC[C@H]1SC(OC(=O)c2ccc(-c3ccccc3)cc2)[C@H](F)[C@@H]1OC(=O)c1ccc(-c2ccccc2)cc1)c1ccc(-c2ccccc2)cc1. The number of ether oxygens (including phenoxy) is 6. The number of thioether (sulfide) groups is 2. The van der Waals surface area contributed by atoms with Crippen molar-refractivity contribution in [1.82, 2.24) is 0 Å². The Hall–Kier alpha value is -9.64. The Morgan fingerprint density at radius 1 is 0.303 bits per heavy atom. The lowest BCUT2D eigenvalue weighted by Gasteiger charge is -2.20. The van der Waals surface area contributed by atoms with Crippen molar-refractivity contribution in [2.45, 2.75) is 66.7 Å². The second kappa shape index (κ2) is 29.4. The molecule has 0 aromatic heterocycles. The zero-order valence-electron chi connectivity index (χ0n) is 48.5. The maximum atomic E-state index is 16.2. The number of hydrogen-bond donors (Lipinski definition) is 0. The largest absolute Gasteiger partial charge is 0.461 e. The zero-order valence-corrected chi connectivity index (χ0v) is 50.2. The molecule has 2 fully saturated rings. The molecular weight excluding hydrogens is 1170 g/mol. The Kier molecular flexibility index (Phi) is 20.6. The average Bonchev–Trinajstić information content (AvgIpc) is 2.60. The van der Waals surface area contributed by atoms with E-state index in [1.165, 1.54) is 0 Å². The summed E-state index contributed by atoms with van der Waals surface area (Å²) in [5, 5.41) is -1.64. The minimum atomic E-state index is -1.89. The van der Waals surface area contributed by atoms with E-state index in [1.807, 2.05) is 124 Å². The van der Waals surface area contributed by atoms with Crippen molar-refractivity contribution in [1.29, 1.82) is 0 Å². The van der Waals surface area contributed by atoms with Gasteiger partial charge in [-0.15, -0.1) is 23.5 Å². The summed E-state index contributed by atoms with van der Waals surface area (Å²) in [6.45, 7) is 5.15. The molecule has 0 aliphatic carbocycles. The summed E-state index contributed by atoms with van der Waals surface area (Å²) in [7, 11) is 0. The van der Waals surface area contributed by atoms with Crippen LogP contribution in [0.4, 0.5) is 8.78 Å². The summed E-state index contributed by atoms with van der Waals surface area (Å²) < 4.78 is 65.1. The summed E-state index contributed by atoms with van der Waals surface area (Å²) in [5.41, 5.74) is 7.76. The van der Waals surface area contributed by atoms with E-state index in [0.717, 1.165) is 73.6 Å². The van der Waals surface area contributed by atoms with Gasteiger partial charge in [-0.1, -0.05) is 180 Å². The van der Waals surface area contributed by atoms with Crippen LogP contribution >= 0.6 is 23.5 Å². The van der Waals surface area contributed by atoms with Crippen molar-refractivity contribution >= 4 is 59.3 Å². The highest BCUT2D eigenvalue weighted by molar-refractivity contribution is 8.01. The van der Waals surface area contributed by atoms with Crippen molar-refractivity contribution in [3.05, 3.63) is 287 Å². The highest BCUT2D eigenvalue weighted by Gasteiger charge is 2.51. The van der Waals surface area contributed by atoms with Gasteiger partial charge in [-0.3, -0.25) is 0 Å². The Morgan fingerprint density at radius 2 is 0.528 bits per heavy atom. The first-order valence-corrected chi connectivity index (χ1v) is 30.5. The van der Waals surface area contributed by atoms with Gasteiger partial charge in [0.1, 0.15) is 13.2 Å². The predicted octanol–water partition coefficient (Wildman–Crippen LogP) is 15.3. The first kappa shape index (κ1) is 62.4. The summed E-state index contributed by atoms with van der Waals surface area (Å²) in [6.07, 6.45) is -6.37. The smallest absolute Gasteiger partial charge is 0.339 e. The average molecular weight is 1230 g/mol. The molecule has 0 amide bonds. The molecule has 0 spiro atoms. The minimum Gasteiger partial charge on any atom is -0.461 e. The van der Waals surface area contributed by atoms with Gasteiger partial charge in [-0.25, -0.2) is 37.5 Å². The van der Waals surface area contributed by atoms with Gasteiger partial charge in [0.15, 0.2) is 35.4 Å². The number of carbonyl (C=O) groups excluding carboxylic acids is 6. The van der Waals surface area contributed by atoms with Crippen molar-refractivity contribution in [3.8, 4) is 33.4 Å². The van der Waals surface area contributed by atoms with Crippen molar-refractivity contribution in [2.75, 3.05) is 13.2 Å². The molecule has 450 valence electrons. The third-order valence-electron chi connectivity index (χ3n) is 14.7. The van der Waals surface area contributed by atoms with Gasteiger partial charge in [-0.05, 0) is 127 Å². The second-order valence-corrected chi connectivity index (χ2v) is 23.8. The van der Waals surface area contributed by atoms with Crippen molar-refractivity contribution in [3.63, 3.8) is 0 Å². The molecule has 12 nitrogen and oxygen atoms in total. The molecule has 9 aromatic rings. The van der Waals surface area contributed by atoms with Crippen LogP contribution in [0, 0.1) is 20.8 Å². The van der Waals surface area contributed by atoms with E-state index in [-0.39, 0.29) is 35.5 Å². The van der Waals surface area contributed by atoms with Gasteiger partial charge in [-0.2, -0.15) is 0 Å². The standard InChI is InChI=1S/C44H33FO6S.C29H27FO6S/c45-39-40(50-42(47)36-24-18-33(19-25-36)30-12-6-2-7-13-30)38(28-49-41(46)35-22-16-32(17-23-35)29-10-4-1-5-11-29)52-44(39)51-43(48)37-26-20-34(21-27-37)31-14-8-3-9-15-31;1-17-4-10-20(11-5-17)26(31)34-16-23-25(35-27(32)21-12-6-18(2)7-13-21)24(30)29(37-23)36-28(33)22-14-8-19(3)9-15-22/h1-27,38-40,44H,28H2;4-15,23-25,29H,16H2,1-3H3/t38-,39-,40-,44?;23-,24-,25-,29?/m11/s1. The Balaban J connectivity index is 0.000000208. The molecule has 2 heterocycles. The lowest BCUT2D eigenvalue weighted by atomic mass is 10.0. The highest BCUT2D eigenvalue weighted by atomic mass is 32.2. The van der Waals surface area contributed by atoms with Gasteiger partial charge in [0.25, 0.3) is 0 Å². The fourth-order valence-electron chi connectivity index (χ4n) is 9.67. The maximum Gasteiger partial charge on any atom is 0.339 e. The Morgan fingerprint density at radius 3 is 0.798 bits per heavy atom. The van der Waals surface area contributed by atoms with Crippen LogP contribution in [-0.2, 0) is 28.4 Å². The number of alkyl halides is 2. The van der Waals surface area contributed by atoms with E-state index >= 15 is 8.78 Å². The van der Waals surface area contributed by atoms with Gasteiger partial charge in [0, 0.05) is 0 Å². The molecule has 16 heteroatoms. The van der Waals surface area contributed by atoms with Crippen LogP contribution in [-0.4, -0.2) is 95.0 Å². The molecule has 2 saturated heterocycles. The van der Waals surface area contributed by atoms with E-state index in [2.05, 4.69) is 0 Å². The van der Waals surface area contributed by atoms with Crippen molar-refractivity contribution in [2.24, 2.45) is 0 Å². The molecule has 0 N–H and O–H groups in total. The third kappa shape index (κ3) is 16.1. The van der Waals surface area contributed by atoms with E-state index in [1.54, 1.807) is 133 Å². The van der Waals surface area contributed by atoms with Crippen LogP contribution in [0.25, 0.3) is 33.4 Å².